The van der Waals surface area contributed by atoms with Crippen LogP contribution in [-0.2, 0) is 15.1 Å². The summed E-state index contributed by atoms with van der Waals surface area (Å²) in [4.78, 5) is 36.5. The average Bonchev–Trinajstić information content (AvgIpc) is 3.77. The molecule has 2 fully saturated rings. The van der Waals surface area contributed by atoms with Crippen LogP contribution >= 0.6 is 11.6 Å². The molecule has 222 valence electrons. The third-order valence-corrected chi connectivity index (χ3v) is 8.26. The second-order valence-electron chi connectivity index (χ2n) is 11.0. The van der Waals surface area contributed by atoms with Crippen molar-refractivity contribution in [1.82, 2.24) is 9.88 Å². The summed E-state index contributed by atoms with van der Waals surface area (Å²) < 4.78 is 20.9. The first-order valence-electron chi connectivity index (χ1n) is 14.3. The van der Waals surface area contributed by atoms with Crippen molar-refractivity contribution in [2.75, 3.05) is 23.8 Å². The summed E-state index contributed by atoms with van der Waals surface area (Å²) >= 11 is 5.90. The van der Waals surface area contributed by atoms with E-state index < -0.39 is 29.3 Å². The molecule has 2 aromatic rings. The minimum atomic E-state index is -0.889. The summed E-state index contributed by atoms with van der Waals surface area (Å²) in [5, 5.41) is 5.87. The minimum Gasteiger partial charge on any atom is -0.377 e. The number of nitrogens with zero attached hydrogens (tertiary/aromatic N) is 3. The molecular weight excluding hydrogens is 559 g/mol. The normalized spacial score (nSPS) is 21.4. The maximum Gasteiger partial charge on any atom is 0.323 e. The second-order valence-corrected chi connectivity index (χ2v) is 11.4. The van der Waals surface area contributed by atoms with Gasteiger partial charge in [-0.05, 0) is 73.6 Å². The summed E-state index contributed by atoms with van der Waals surface area (Å²) in [5.41, 5.74) is 7.94. The number of urea groups is 1. The maximum atomic E-state index is 15.2. The Kier molecular flexibility index (Phi) is 9.35. The van der Waals surface area contributed by atoms with Crippen molar-refractivity contribution < 1.29 is 18.7 Å². The molecule has 0 spiro atoms. The second kappa shape index (κ2) is 13.1. The van der Waals surface area contributed by atoms with Gasteiger partial charge in [0.25, 0.3) is 0 Å². The molecule has 9 nitrogen and oxygen atoms in total. The molecule has 11 heteroatoms. The highest BCUT2D eigenvalue weighted by molar-refractivity contribution is 6.30. The number of pyridine rings is 1. The van der Waals surface area contributed by atoms with E-state index in [-0.39, 0.29) is 24.8 Å². The van der Waals surface area contributed by atoms with Gasteiger partial charge in [0.15, 0.2) is 0 Å². The highest BCUT2D eigenvalue weighted by Gasteiger charge is 2.41. The molecule has 1 aromatic carbocycles. The van der Waals surface area contributed by atoms with Crippen molar-refractivity contribution in [2.45, 2.75) is 63.1 Å². The Morgan fingerprint density at radius 3 is 2.81 bits per heavy atom. The number of halogens is 2. The lowest BCUT2D eigenvalue weighted by atomic mass is 9.77. The number of aliphatic imine (C=N–C) groups is 1. The van der Waals surface area contributed by atoms with Crippen molar-refractivity contribution in [1.29, 1.82) is 0 Å². The van der Waals surface area contributed by atoms with Gasteiger partial charge in [-0.1, -0.05) is 36.6 Å². The van der Waals surface area contributed by atoms with Crippen LogP contribution in [-0.4, -0.2) is 53.3 Å². The van der Waals surface area contributed by atoms with Crippen LogP contribution in [0.2, 0.25) is 5.02 Å². The Balaban J connectivity index is 1.37. The summed E-state index contributed by atoms with van der Waals surface area (Å²) in [6.45, 7) is 2.48. The van der Waals surface area contributed by atoms with E-state index in [1.807, 2.05) is 19.1 Å². The van der Waals surface area contributed by atoms with Gasteiger partial charge in [0.2, 0.25) is 5.91 Å². The molecule has 2 aliphatic heterocycles. The van der Waals surface area contributed by atoms with Crippen molar-refractivity contribution in [2.24, 2.45) is 16.6 Å². The zero-order valence-corrected chi connectivity index (χ0v) is 24.3. The summed E-state index contributed by atoms with van der Waals surface area (Å²) in [6.07, 6.45) is 13.3. The number of nitrogens with two attached hydrogens (primary N) is 1. The monoisotopic (exact) mass is 594 g/mol. The number of amides is 3. The fourth-order valence-corrected chi connectivity index (χ4v) is 5.64. The van der Waals surface area contributed by atoms with Crippen molar-refractivity contribution in [3.05, 3.63) is 76.9 Å². The van der Waals surface area contributed by atoms with Crippen LogP contribution in [0.25, 0.3) is 0 Å². The van der Waals surface area contributed by atoms with Gasteiger partial charge < -0.3 is 20.7 Å². The number of nitrogens with one attached hydrogen (secondary N) is 2. The molecule has 3 heterocycles. The molecule has 3 aliphatic rings. The van der Waals surface area contributed by atoms with Crippen LogP contribution in [0.15, 0.2) is 65.4 Å². The van der Waals surface area contributed by atoms with Crippen LogP contribution in [0.3, 0.4) is 0 Å². The molecule has 1 unspecified atom stereocenters. The van der Waals surface area contributed by atoms with E-state index in [9.17, 15) is 9.59 Å². The lowest BCUT2D eigenvalue weighted by Gasteiger charge is -2.33. The summed E-state index contributed by atoms with van der Waals surface area (Å²) in [7, 11) is 0. The third kappa shape index (κ3) is 7.06. The number of carbonyl (C=O) groups excluding carboxylic acids is 2. The Morgan fingerprint density at radius 2 is 2.07 bits per heavy atom. The van der Waals surface area contributed by atoms with Crippen LogP contribution in [0.1, 0.15) is 51.0 Å². The fourth-order valence-electron chi connectivity index (χ4n) is 5.52. The van der Waals surface area contributed by atoms with Gasteiger partial charge in [0.1, 0.15) is 17.7 Å². The molecule has 42 heavy (non-hydrogen) atoms. The van der Waals surface area contributed by atoms with E-state index >= 15 is 4.39 Å². The molecule has 3 atom stereocenters. The largest absolute Gasteiger partial charge is 0.377 e. The Bertz CT molecular complexity index is 1390. The molecule has 1 aromatic heterocycles. The molecule has 0 bridgehead atoms. The van der Waals surface area contributed by atoms with Crippen molar-refractivity contribution in [3.63, 3.8) is 0 Å². The average molecular weight is 595 g/mol. The van der Waals surface area contributed by atoms with E-state index in [0.717, 1.165) is 12.0 Å². The predicted molar refractivity (Wildman–Crippen MR) is 162 cm³/mol. The molecule has 4 N–H and O–H groups in total. The SMILES string of the molecule is CCO[C@@H]1C[C@H](C(=O)Nc2cc(C(N)(CCC3CC3)C3=CC=NC=CC3)ccc2F)N(C(=O)Nc2ccc(Cl)cn2)C1. The quantitative estimate of drug-likeness (QED) is 0.322. The molecule has 5 rings (SSSR count). The highest BCUT2D eigenvalue weighted by atomic mass is 35.5. The molecule has 0 radical (unpaired) electrons. The first kappa shape index (κ1) is 29.9. The Morgan fingerprint density at radius 1 is 1.24 bits per heavy atom. The van der Waals surface area contributed by atoms with E-state index in [4.69, 9.17) is 22.1 Å². The highest BCUT2D eigenvalue weighted by Crippen LogP contribution is 2.41. The number of likely N-dealkylation sites (tertiary alicyclic amines) is 1. The van der Waals surface area contributed by atoms with E-state index in [1.54, 1.807) is 36.7 Å². The zero-order valence-electron chi connectivity index (χ0n) is 23.6. The number of allylic oxidation sites excluding steroid dienone is 2. The van der Waals surface area contributed by atoms with Crippen LogP contribution in [0.5, 0.6) is 0 Å². The smallest absolute Gasteiger partial charge is 0.323 e. The number of hydrogen-bond donors (Lipinski definition) is 3. The molecule has 1 aliphatic carbocycles. The minimum absolute atomic E-state index is 0.0109. The number of hydrogen-bond acceptors (Lipinski definition) is 6. The lowest BCUT2D eigenvalue weighted by molar-refractivity contribution is -0.119. The maximum absolute atomic E-state index is 15.2. The topological polar surface area (TPSA) is 122 Å². The zero-order chi connectivity index (χ0) is 29.7. The van der Waals surface area contributed by atoms with Gasteiger partial charge in [0.05, 0.1) is 22.4 Å². The van der Waals surface area contributed by atoms with Gasteiger partial charge in [-0.3, -0.25) is 15.1 Å². The van der Waals surface area contributed by atoms with Gasteiger partial charge in [-0.15, -0.1) is 0 Å². The lowest BCUT2D eigenvalue weighted by Crippen LogP contribution is -2.45. The number of benzene rings is 1. The number of ether oxygens (including phenoxy) is 1. The van der Waals surface area contributed by atoms with Gasteiger partial charge in [-0.2, -0.15) is 0 Å². The predicted octanol–water partition coefficient (Wildman–Crippen LogP) is 5.78. The van der Waals surface area contributed by atoms with Crippen molar-refractivity contribution in [3.8, 4) is 0 Å². The first-order chi connectivity index (χ1) is 20.3. The number of rotatable bonds is 10. The van der Waals surface area contributed by atoms with Gasteiger partial charge in [-0.25, -0.2) is 14.2 Å². The summed E-state index contributed by atoms with van der Waals surface area (Å²) in [5.74, 6) is -0.158. The third-order valence-electron chi connectivity index (χ3n) is 8.04. The Hall–Kier alpha value is -3.60. The molecule has 1 saturated carbocycles. The van der Waals surface area contributed by atoms with Gasteiger partial charge in [0, 0.05) is 38.2 Å². The van der Waals surface area contributed by atoms with Crippen LogP contribution in [0.4, 0.5) is 20.7 Å². The van der Waals surface area contributed by atoms with E-state index in [0.29, 0.717) is 41.8 Å². The fraction of sp³-hybridized carbons (Fsp3) is 0.419. The van der Waals surface area contributed by atoms with Crippen LogP contribution < -0.4 is 16.4 Å². The number of carbonyl (C=O) groups is 2. The first-order valence-corrected chi connectivity index (χ1v) is 14.7. The molecular formula is C31H36ClFN6O3. The number of aromatic nitrogens is 1. The Labute approximate surface area is 250 Å². The summed E-state index contributed by atoms with van der Waals surface area (Å²) in [6, 6.07) is 6.40. The number of anilines is 2. The van der Waals surface area contributed by atoms with Crippen molar-refractivity contribution >= 4 is 41.3 Å². The van der Waals surface area contributed by atoms with E-state index in [2.05, 4.69) is 20.6 Å². The standard InChI is InChI=1S/C31H36ClFN6O3/c1-2-42-24-17-27(39(19-24)30(41)38-28-10-8-23(32)18-36-28)29(40)37-26-16-22(7-9-25(26)33)31(34,13-11-20-5-6-20)21-4-3-14-35-15-12-21/h3,7-10,12,14-16,18,20,24,27H,2,4-6,11,13,17,19,34H2,1H3,(H,37,40)(H,36,38,41)/t24-,27-,31?/m1/s1. The molecule has 1 saturated heterocycles. The molecule has 3 amide bonds. The van der Waals surface area contributed by atoms with Gasteiger partial charge >= 0.3 is 6.03 Å². The van der Waals surface area contributed by atoms with E-state index in [1.165, 1.54) is 30.0 Å². The van der Waals surface area contributed by atoms with Crippen LogP contribution in [0, 0.1) is 11.7 Å².